The van der Waals surface area contributed by atoms with Crippen molar-refractivity contribution in [1.29, 1.82) is 0 Å². The van der Waals surface area contributed by atoms with Gasteiger partial charge in [-0.25, -0.2) is 0 Å². The van der Waals surface area contributed by atoms with Gasteiger partial charge in [-0.1, -0.05) is 29.7 Å². The fourth-order valence-electron chi connectivity index (χ4n) is 3.11. The normalized spacial score (nSPS) is 18.7. The third-order valence-corrected chi connectivity index (χ3v) is 4.55. The third-order valence-electron chi connectivity index (χ3n) is 4.30. The maximum atomic E-state index is 12.7. The van der Waals surface area contributed by atoms with Gasteiger partial charge in [-0.05, 0) is 30.5 Å². The maximum absolute atomic E-state index is 12.7. The molecular formula is C18H22ClN3O2. The van der Waals surface area contributed by atoms with E-state index in [4.69, 9.17) is 18.0 Å². The number of terminal acetylenes is 1. The van der Waals surface area contributed by atoms with E-state index in [9.17, 15) is 9.59 Å². The monoisotopic (exact) mass is 347 g/mol. The van der Waals surface area contributed by atoms with E-state index in [1.54, 1.807) is 26.2 Å². The first-order valence-electron chi connectivity index (χ1n) is 7.90. The fraction of sp³-hybridized carbons (Fsp3) is 0.444. The number of benzene rings is 1. The first-order chi connectivity index (χ1) is 11.5. The van der Waals surface area contributed by atoms with Crippen molar-refractivity contribution in [2.75, 3.05) is 27.2 Å². The van der Waals surface area contributed by atoms with Gasteiger partial charge in [0.15, 0.2) is 0 Å². The molecule has 128 valence electrons. The highest BCUT2D eigenvalue weighted by molar-refractivity contribution is 6.30. The van der Waals surface area contributed by atoms with E-state index in [1.165, 1.54) is 4.90 Å². The molecule has 6 heteroatoms. The van der Waals surface area contributed by atoms with E-state index in [0.717, 1.165) is 18.4 Å². The Hall–Kier alpha value is -2.03. The molecule has 1 N–H and O–H groups in total. The number of rotatable bonds is 5. The Kier molecular flexibility index (Phi) is 6.24. The summed E-state index contributed by atoms with van der Waals surface area (Å²) in [7, 11) is 3.29. The van der Waals surface area contributed by atoms with Crippen molar-refractivity contribution in [3.8, 4) is 12.3 Å². The maximum Gasteiger partial charge on any atom is 0.241 e. The molecule has 5 nitrogen and oxygen atoms in total. The SMILES string of the molecule is C#CCN(C)C(=O)[C@@H]1CCCN1[C@@H](C(=O)NC)c1ccc(Cl)cc1. The van der Waals surface area contributed by atoms with Gasteiger partial charge in [0, 0.05) is 25.7 Å². The zero-order valence-electron chi connectivity index (χ0n) is 14.0. The molecule has 1 aromatic rings. The van der Waals surface area contributed by atoms with Gasteiger partial charge in [-0.2, -0.15) is 0 Å². The van der Waals surface area contributed by atoms with Gasteiger partial charge in [0.2, 0.25) is 11.8 Å². The quantitative estimate of drug-likeness (QED) is 0.825. The lowest BCUT2D eigenvalue weighted by atomic mass is 10.0. The Labute approximate surface area is 147 Å². The lowest BCUT2D eigenvalue weighted by Gasteiger charge is -2.33. The standard InChI is InChI=1S/C18H22ClN3O2/c1-4-11-21(3)18(24)15-6-5-12-22(15)16(17(23)20-2)13-7-9-14(19)10-8-13/h1,7-10,15-16H,5-6,11-12H2,2-3H3,(H,20,23)/t15-,16+/m0/s1. The number of likely N-dealkylation sites (tertiary alicyclic amines) is 1. The molecule has 0 aliphatic carbocycles. The van der Waals surface area contributed by atoms with Crippen molar-refractivity contribution in [1.82, 2.24) is 15.1 Å². The van der Waals surface area contributed by atoms with E-state index < -0.39 is 6.04 Å². The number of likely N-dealkylation sites (N-methyl/N-ethyl adjacent to an activating group) is 2. The largest absolute Gasteiger partial charge is 0.358 e. The molecule has 0 saturated carbocycles. The Morgan fingerprint density at radius 1 is 1.46 bits per heavy atom. The van der Waals surface area contributed by atoms with Crippen LogP contribution in [0.5, 0.6) is 0 Å². The van der Waals surface area contributed by atoms with Crippen molar-refractivity contribution in [2.24, 2.45) is 0 Å². The van der Waals surface area contributed by atoms with Crippen LogP contribution < -0.4 is 5.32 Å². The summed E-state index contributed by atoms with van der Waals surface area (Å²) in [4.78, 5) is 28.7. The Bertz CT molecular complexity index is 639. The molecule has 1 saturated heterocycles. The average Bonchev–Trinajstić information content (AvgIpc) is 3.05. The molecule has 1 aliphatic heterocycles. The highest BCUT2D eigenvalue weighted by Crippen LogP contribution is 2.31. The highest BCUT2D eigenvalue weighted by Gasteiger charge is 2.40. The van der Waals surface area contributed by atoms with Gasteiger partial charge in [-0.3, -0.25) is 14.5 Å². The molecule has 1 heterocycles. The zero-order chi connectivity index (χ0) is 17.7. The van der Waals surface area contributed by atoms with E-state index in [1.807, 2.05) is 17.0 Å². The lowest BCUT2D eigenvalue weighted by Crippen LogP contribution is -2.48. The Morgan fingerprint density at radius 3 is 2.71 bits per heavy atom. The third kappa shape index (κ3) is 3.89. The van der Waals surface area contributed by atoms with Crippen molar-refractivity contribution >= 4 is 23.4 Å². The summed E-state index contributed by atoms with van der Waals surface area (Å²) in [5, 5.41) is 3.31. The second-order valence-corrected chi connectivity index (χ2v) is 6.30. The van der Waals surface area contributed by atoms with Crippen LogP contribution in [0.1, 0.15) is 24.4 Å². The summed E-state index contributed by atoms with van der Waals surface area (Å²) in [6, 6.07) is 6.29. The Balaban J connectivity index is 2.31. The second kappa shape index (κ2) is 8.18. The summed E-state index contributed by atoms with van der Waals surface area (Å²) in [5.41, 5.74) is 0.818. The number of nitrogens with zero attached hydrogens (tertiary/aromatic N) is 2. The van der Waals surface area contributed by atoms with Gasteiger partial charge in [0.05, 0.1) is 12.6 Å². The summed E-state index contributed by atoms with van der Waals surface area (Å²) < 4.78 is 0. The van der Waals surface area contributed by atoms with E-state index in [-0.39, 0.29) is 24.4 Å². The molecular weight excluding hydrogens is 326 g/mol. The molecule has 1 aromatic carbocycles. The van der Waals surface area contributed by atoms with E-state index in [2.05, 4.69) is 11.2 Å². The number of carbonyl (C=O) groups excluding carboxylic acids is 2. The molecule has 2 rings (SSSR count). The predicted octanol–water partition coefficient (Wildman–Crippen LogP) is 1.68. The van der Waals surface area contributed by atoms with Crippen LogP contribution in [0.3, 0.4) is 0 Å². The average molecular weight is 348 g/mol. The number of hydrogen-bond donors (Lipinski definition) is 1. The fourth-order valence-corrected chi connectivity index (χ4v) is 3.23. The van der Waals surface area contributed by atoms with Gasteiger partial charge in [0.1, 0.15) is 6.04 Å². The van der Waals surface area contributed by atoms with Crippen molar-refractivity contribution < 1.29 is 9.59 Å². The molecule has 1 aliphatic rings. The lowest BCUT2D eigenvalue weighted by molar-refractivity contribution is -0.137. The number of hydrogen-bond acceptors (Lipinski definition) is 3. The predicted molar refractivity (Wildman–Crippen MR) is 94.5 cm³/mol. The van der Waals surface area contributed by atoms with Gasteiger partial charge in [0.25, 0.3) is 0 Å². The minimum absolute atomic E-state index is 0.0479. The molecule has 1 fully saturated rings. The van der Waals surface area contributed by atoms with Crippen molar-refractivity contribution in [3.63, 3.8) is 0 Å². The first kappa shape index (κ1) is 18.3. The Morgan fingerprint density at radius 2 is 2.12 bits per heavy atom. The van der Waals surface area contributed by atoms with Gasteiger partial charge in [-0.15, -0.1) is 6.42 Å². The molecule has 0 aromatic heterocycles. The summed E-state index contributed by atoms with van der Waals surface area (Å²) in [6.07, 6.45) is 6.88. The second-order valence-electron chi connectivity index (χ2n) is 5.86. The summed E-state index contributed by atoms with van der Waals surface area (Å²) in [5.74, 6) is 2.29. The summed E-state index contributed by atoms with van der Waals surface area (Å²) in [6.45, 7) is 0.940. The summed E-state index contributed by atoms with van der Waals surface area (Å²) >= 11 is 5.95. The molecule has 0 radical (unpaired) electrons. The number of carbonyl (C=O) groups is 2. The number of amides is 2. The molecule has 2 amide bonds. The van der Waals surface area contributed by atoms with E-state index >= 15 is 0 Å². The van der Waals surface area contributed by atoms with Crippen LogP contribution in [0, 0.1) is 12.3 Å². The van der Waals surface area contributed by atoms with Crippen LogP contribution in [0.25, 0.3) is 0 Å². The number of nitrogens with one attached hydrogen (secondary N) is 1. The minimum Gasteiger partial charge on any atom is -0.358 e. The molecule has 24 heavy (non-hydrogen) atoms. The van der Waals surface area contributed by atoms with Crippen LogP contribution >= 0.6 is 11.6 Å². The van der Waals surface area contributed by atoms with Crippen LogP contribution in [-0.2, 0) is 9.59 Å². The minimum atomic E-state index is -0.525. The van der Waals surface area contributed by atoms with Gasteiger partial charge < -0.3 is 10.2 Å². The van der Waals surface area contributed by atoms with Crippen LogP contribution in [0.4, 0.5) is 0 Å². The molecule has 0 unspecified atom stereocenters. The smallest absolute Gasteiger partial charge is 0.241 e. The molecule has 2 atom stereocenters. The first-order valence-corrected chi connectivity index (χ1v) is 8.28. The molecule has 0 spiro atoms. The van der Waals surface area contributed by atoms with Crippen LogP contribution in [0.15, 0.2) is 24.3 Å². The highest BCUT2D eigenvalue weighted by atomic mass is 35.5. The van der Waals surface area contributed by atoms with E-state index in [0.29, 0.717) is 11.6 Å². The number of halogens is 1. The van der Waals surface area contributed by atoms with Crippen LogP contribution in [0.2, 0.25) is 5.02 Å². The zero-order valence-corrected chi connectivity index (χ0v) is 14.7. The van der Waals surface area contributed by atoms with Crippen molar-refractivity contribution in [3.05, 3.63) is 34.9 Å². The van der Waals surface area contributed by atoms with Crippen LogP contribution in [-0.4, -0.2) is 54.8 Å². The topological polar surface area (TPSA) is 52.7 Å². The molecule has 0 bridgehead atoms. The van der Waals surface area contributed by atoms with Crippen molar-refractivity contribution in [2.45, 2.75) is 24.9 Å². The van der Waals surface area contributed by atoms with Gasteiger partial charge >= 0.3 is 0 Å².